The van der Waals surface area contributed by atoms with Crippen molar-refractivity contribution in [3.05, 3.63) is 0 Å². The summed E-state index contributed by atoms with van der Waals surface area (Å²) in [6.45, 7) is 2.18. The summed E-state index contributed by atoms with van der Waals surface area (Å²) in [5, 5.41) is 0. The molecule has 0 spiro atoms. The zero-order valence-electron chi connectivity index (χ0n) is 5.44. The third kappa shape index (κ3) is 6.10. The predicted octanol–water partition coefficient (Wildman–Crippen LogP) is 2.59. The Hall–Kier alpha value is 0.100. The first-order valence-corrected chi connectivity index (χ1v) is 4.38. The lowest BCUT2D eigenvalue weighted by Gasteiger charge is -1.87. The Labute approximate surface area is 52.7 Å². The van der Waals surface area contributed by atoms with Gasteiger partial charge in [0.1, 0.15) is 6.16 Å². The smallest absolute Gasteiger partial charge is 0.0775 e. The minimum atomic E-state index is -0.0810. The van der Waals surface area contributed by atoms with Crippen LogP contribution < -0.4 is 0 Å². The molecular weight excluding hydrogens is 119 g/mol. The Morgan fingerprint density at radius 1 is 1.25 bits per heavy atom. The van der Waals surface area contributed by atoms with Gasteiger partial charge in [0.05, 0.1) is 0 Å². The van der Waals surface area contributed by atoms with Crippen LogP contribution in [0.25, 0.3) is 0 Å². The van der Waals surface area contributed by atoms with Gasteiger partial charge in [-0.25, -0.2) is 0 Å². The average molecular weight is 133 g/mol. The SMILES string of the molecule is CCCCCC[PH+]=O. The number of rotatable bonds is 5. The lowest BCUT2D eigenvalue weighted by Crippen LogP contribution is -1.74. The van der Waals surface area contributed by atoms with E-state index in [1.54, 1.807) is 0 Å². The summed E-state index contributed by atoms with van der Waals surface area (Å²) in [6.07, 6.45) is 5.87. The molecular formula is C6H14OP+. The molecule has 0 aromatic rings. The van der Waals surface area contributed by atoms with Crippen molar-refractivity contribution < 1.29 is 4.57 Å². The summed E-state index contributed by atoms with van der Waals surface area (Å²) in [6, 6.07) is 0. The maximum Gasteiger partial charge on any atom is 0.324 e. The van der Waals surface area contributed by atoms with Crippen LogP contribution in [0.5, 0.6) is 0 Å². The van der Waals surface area contributed by atoms with Gasteiger partial charge < -0.3 is 0 Å². The molecule has 2 heteroatoms. The molecule has 0 bridgehead atoms. The van der Waals surface area contributed by atoms with E-state index in [0.29, 0.717) is 0 Å². The largest absolute Gasteiger partial charge is 0.324 e. The van der Waals surface area contributed by atoms with Gasteiger partial charge in [0.25, 0.3) is 0 Å². The van der Waals surface area contributed by atoms with Gasteiger partial charge in [-0.2, -0.15) is 0 Å². The van der Waals surface area contributed by atoms with Crippen LogP contribution in [0.1, 0.15) is 32.6 Å². The van der Waals surface area contributed by atoms with E-state index in [4.69, 9.17) is 0 Å². The van der Waals surface area contributed by atoms with Gasteiger partial charge in [-0.1, -0.05) is 24.3 Å². The van der Waals surface area contributed by atoms with Crippen molar-refractivity contribution in [1.29, 1.82) is 0 Å². The molecule has 0 radical (unpaired) electrons. The van der Waals surface area contributed by atoms with Crippen LogP contribution in [-0.2, 0) is 4.57 Å². The van der Waals surface area contributed by atoms with E-state index in [0.717, 1.165) is 12.6 Å². The Kier molecular flexibility index (Phi) is 7.19. The molecule has 0 amide bonds. The fourth-order valence-electron chi connectivity index (χ4n) is 0.624. The van der Waals surface area contributed by atoms with Crippen LogP contribution in [0.3, 0.4) is 0 Å². The third-order valence-electron chi connectivity index (χ3n) is 1.13. The molecule has 0 aromatic carbocycles. The summed E-state index contributed by atoms with van der Waals surface area (Å²) in [4.78, 5) is 0. The van der Waals surface area contributed by atoms with Gasteiger partial charge >= 0.3 is 8.46 Å². The van der Waals surface area contributed by atoms with Gasteiger partial charge in [0, 0.05) is 0 Å². The number of unbranched alkanes of at least 4 members (excludes halogenated alkanes) is 3. The summed E-state index contributed by atoms with van der Waals surface area (Å²) >= 11 is 0. The van der Waals surface area contributed by atoms with Gasteiger partial charge in [-0.15, -0.1) is 0 Å². The van der Waals surface area contributed by atoms with Gasteiger partial charge in [0.15, 0.2) is 0 Å². The average Bonchev–Trinajstić information content (AvgIpc) is 1.81. The Bertz CT molecular complexity index is 54.5. The molecule has 0 heterocycles. The maximum atomic E-state index is 9.92. The first-order chi connectivity index (χ1) is 3.91. The second kappa shape index (κ2) is 7.10. The highest BCUT2D eigenvalue weighted by molar-refractivity contribution is 7.23. The van der Waals surface area contributed by atoms with Crippen molar-refractivity contribution in [2.45, 2.75) is 32.6 Å². The molecule has 1 atom stereocenters. The third-order valence-corrected chi connectivity index (χ3v) is 1.69. The summed E-state index contributed by atoms with van der Waals surface area (Å²) in [5.74, 6) is 0. The first kappa shape index (κ1) is 8.10. The molecule has 0 saturated carbocycles. The number of hydrogen-bond acceptors (Lipinski definition) is 1. The standard InChI is InChI=1S/C6H13OP/c1-2-3-4-5-6-8-7/h2-6H2,1H3/p+1. The number of hydrogen-bond donors (Lipinski definition) is 0. The quantitative estimate of drug-likeness (QED) is 0.416. The maximum absolute atomic E-state index is 9.92. The fourth-order valence-corrected chi connectivity index (χ4v) is 1.02. The van der Waals surface area contributed by atoms with Crippen molar-refractivity contribution in [1.82, 2.24) is 0 Å². The van der Waals surface area contributed by atoms with Gasteiger partial charge in [0.2, 0.25) is 0 Å². The lowest BCUT2D eigenvalue weighted by molar-refractivity contribution is 0.595. The Morgan fingerprint density at radius 3 is 2.50 bits per heavy atom. The second-order valence-corrected chi connectivity index (χ2v) is 2.74. The summed E-state index contributed by atoms with van der Waals surface area (Å²) in [5.41, 5.74) is 0. The van der Waals surface area contributed by atoms with Crippen molar-refractivity contribution >= 4 is 8.46 Å². The molecule has 0 fully saturated rings. The molecule has 0 aliphatic rings. The van der Waals surface area contributed by atoms with E-state index < -0.39 is 0 Å². The predicted molar refractivity (Wildman–Crippen MR) is 38.0 cm³/mol. The molecule has 1 unspecified atom stereocenters. The molecule has 48 valence electrons. The van der Waals surface area contributed by atoms with E-state index in [9.17, 15) is 4.57 Å². The highest BCUT2D eigenvalue weighted by Crippen LogP contribution is 2.03. The zero-order valence-corrected chi connectivity index (χ0v) is 6.44. The molecule has 0 aliphatic carbocycles. The molecule has 0 N–H and O–H groups in total. The van der Waals surface area contributed by atoms with Crippen molar-refractivity contribution in [2.75, 3.05) is 6.16 Å². The highest BCUT2D eigenvalue weighted by atomic mass is 31.1. The van der Waals surface area contributed by atoms with Gasteiger partial charge in [-0.3, -0.25) is 0 Å². The van der Waals surface area contributed by atoms with E-state index in [2.05, 4.69) is 6.92 Å². The molecule has 8 heavy (non-hydrogen) atoms. The second-order valence-electron chi connectivity index (χ2n) is 1.95. The van der Waals surface area contributed by atoms with Crippen LogP contribution in [0.2, 0.25) is 0 Å². The fraction of sp³-hybridized carbons (Fsp3) is 1.00. The highest BCUT2D eigenvalue weighted by Gasteiger charge is 1.89. The van der Waals surface area contributed by atoms with Crippen LogP contribution in [0.4, 0.5) is 0 Å². The van der Waals surface area contributed by atoms with Crippen LogP contribution in [0.15, 0.2) is 0 Å². The van der Waals surface area contributed by atoms with Crippen LogP contribution in [-0.4, -0.2) is 6.16 Å². The lowest BCUT2D eigenvalue weighted by atomic mass is 10.2. The molecule has 0 saturated heterocycles. The van der Waals surface area contributed by atoms with Crippen molar-refractivity contribution in [3.63, 3.8) is 0 Å². The van der Waals surface area contributed by atoms with E-state index in [1.165, 1.54) is 19.3 Å². The first-order valence-electron chi connectivity index (χ1n) is 3.26. The molecule has 0 aliphatic heterocycles. The van der Waals surface area contributed by atoms with Crippen LogP contribution >= 0.6 is 8.46 Å². The van der Waals surface area contributed by atoms with E-state index in [-0.39, 0.29) is 8.46 Å². The Morgan fingerprint density at radius 2 is 2.00 bits per heavy atom. The molecule has 0 rings (SSSR count). The Balaban J connectivity index is 2.62. The van der Waals surface area contributed by atoms with Crippen molar-refractivity contribution in [2.24, 2.45) is 0 Å². The monoisotopic (exact) mass is 133 g/mol. The van der Waals surface area contributed by atoms with E-state index >= 15 is 0 Å². The van der Waals surface area contributed by atoms with E-state index in [1.807, 2.05) is 0 Å². The van der Waals surface area contributed by atoms with Gasteiger partial charge in [-0.05, 0) is 12.8 Å². The summed E-state index contributed by atoms with van der Waals surface area (Å²) in [7, 11) is -0.0810. The normalized spacial score (nSPS) is 10.1. The summed E-state index contributed by atoms with van der Waals surface area (Å²) < 4.78 is 9.92. The minimum absolute atomic E-state index is 0.0810. The van der Waals surface area contributed by atoms with Crippen LogP contribution in [0, 0.1) is 0 Å². The topological polar surface area (TPSA) is 17.1 Å². The zero-order chi connectivity index (χ0) is 6.24. The molecule has 1 nitrogen and oxygen atoms in total. The molecule has 0 aromatic heterocycles. The minimum Gasteiger partial charge on any atom is -0.0775 e. The van der Waals surface area contributed by atoms with Crippen molar-refractivity contribution in [3.8, 4) is 0 Å².